The van der Waals surface area contributed by atoms with Gasteiger partial charge in [0.05, 0.1) is 5.69 Å². The van der Waals surface area contributed by atoms with Crippen molar-refractivity contribution in [1.29, 1.82) is 0 Å². The highest BCUT2D eigenvalue weighted by molar-refractivity contribution is 9.10. The second-order valence-electron chi connectivity index (χ2n) is 3.69. The first-order valence-electron chi connectivity index (χ1n) is 5.31. The van der Waals surface area contributed by atoms with E-state index in [-0.39, 0.29) is 11.5 Å². The van der Waals surface area contributed by atoms with Gasteiger partial charge < -0.3 is 5.32 Å². The SMILES string of the molecule is CNc1cc(-c2ccccc2Br)nc(C(F)(F)F)n1. The van der Waals surface area contributed by atoms with E-state index in [0.29, 0.717) is 10.0 Å². The minimum absolute atomic E-state index is 0.119. The summed E-state index contributed by atoms with van der Waals surface area (Å²) < 4.78 is 38.9. The molecule has 0 fully saturated rings. The van der Waals surface area contributed by atoms with Crippen LogP contribution in [0.3, 0.4) is 0 Å². The predicted molar refractivity (Wildman–Crippen MR) is 69.7 cm³/mol. The highest BCUT2D eigenvalue weighted by Crippen LogP contribution is 2.32. The van der Waals surface area contributed by atoms with Crippen LogP contribution in [0.25, 0.3) is 11.3 Å². The first-order chi connectivity index (χ1) is 8.91. The minimum Gasteiger partial charge on any atom is -0.373 e. The second kappa shape index (κ2) is 5.16. The van der Waals surface area contributed by atoms with Crippen LogP contribution in [0.4, 0.5) is 19.0 Å². The Hall–Kier alpha value is -1.63. The molecule has 0 aliphatic heterocycles. The van der Waals surface area contributed by atoms with Gasteiger partial charge in [-0.2, -0.15) is 13.2 Å². The summed E-state index contributed by atoms with van der Waals surface area (Å²) in [5.74, 6) is -1.04. The van der Waals surface area contributed by atoms with Gasteiger partial charge in [-0.1, -0.05) is 34.1 Å². The molecule has 1 aromatic carbocycles. The predicted octanol–water partition coefficient (Wildman–Crippen LogP) is 3.97. The highest BCUT2D eigenvalue weighted by atomic mass is 79.9. The van der Waals surface area contributed by atoms with Crippen molar-refractivity contribution in [3.63, 3.8) is 0 Å². The number of aromatic nitrogens is 2. The Labute approximate surface area is 116 Å². The molecule has 0 spiro atoms. The third-order valence-electron chi connectivity index (χ3n) is 2.39. The number of rotatable bonds is 2. The summed E-state index contributed by atoms with van der Waals surface area (Å²) in [6, 6.07) is 8.40. The van der Waals surface area contributed by atoms with Crippen LogP contribution < -0.4 is 5.32 Å². The number of hydrogen-bond donors (Lipinski definition) is 1. The van der Waals surface area contributed by atoms with Gasteiger partial charge >= 0.3 is 6.18 Å². The number of halogens is 4. The normalized spacial score (nSPS) is 11.4. The van der Waals surface area contributed by atoms with Crippen LogP contribution >= 0.6 is 15.9 Å². The van der Waals surface area contributed by atoms with E-state index in [1.807, 2.05) is 0 Å². The molecule has 0 atom stereocenters. The van der Waals surface area contributed by atoms with Crippen LogP contribution in [0.1, 0.15) is 5.82 Å². The monoisotopic (exact) mass is 331 g/mol. The van der Waals surface area contributed by atoms with Crippen molar-refractivity contribution in [2.45, 2.75) is 6.18 Å². The molecule has 0 bridgehead atoms. The molecule has 2 aromatic rings. The lowest BCUT2D eigenvalue weighted by molar-refractivity contribution is -0.144. The summed E-state index contributed by atoms with van der Waals surface area (Å²) in [6.07, 6.45) is -4.58. The van der Waals surface area contributed by atoms with E-state index >= 15 is 0 Å². The molecule has 3 nitrogen and oxygen atoms in total. The second-order valence-corrected chi connectivity index (χ2v) is 4.54. The molecular formula is C12H9BrF3N3. The van der Waals surface area contributed by atoms with E-state index in [9.17, 15) is 13.2 Å². The maximum atomic E-state index is 12.7. The summed E-state index contributed by atoms with van der Waals surface area (Å²) >= 11 is 3.29. The van der Waals surface area contributed by atoms with Crippen LogP contribution in [0.15, 0.2) is 34.8 Å². The molecule has 100 valence electrons. The van der Waals surface area contributed by atoms with Gasteiger partial charge in [0.2, 0.25) is 5.82 Å². The fourth-order valence-electron chi connectivity index (χ4n) is 1.51. The Morgan fingerprint density at radius 1 is 1.16 bits per heavy atom. The summed E-state index contributed by atoms with van der Waals surface area (Å²) in [5.41, 5.74) is 0.783. The quantitative estimate of drug-likeness (QED) is 0.904. The number of anilines is 1. The molecule has 0 aliphatic carbocycles. The molecular weight excluding hydrogens is 323 g/mol. The molecule has 19 heavy (non-hydrogen) atoms. The van der Waals surface area contributed by atoms with E-state index in [2.05, 4.69) is 31.2 Å². The molecule has 0 amide bonds. The summed E-state index contributed by atoms with van der Waals surface area (Å²) in [4.78, 5) is 6.99. The van der Waals surface area contributed by atoms with Crippen molar-refractivity contribution in [2.75, 3.05) is 12.4 Å². The Balaban J connectivity index is 2.61. The van der Waals surface area contributed by atoms with E-state index in [0.717, 1.165) is 0 Å². The number of nitrogens with one attached hydrogen (secondary N) is 1. The molecule has 7 heteroatoms. The van der Waals surface area contributed by atoms with Gasteiger partial charge in [0.1, 0.15) is 5.82 Å². The third-order valence-corrected chi connectivity index (χ3v) is 3.08. The highest BCUT2D eigenvalue weighted by Gasteiger charge is 2.35. The lowest BCUT2D eigenvalue weighted by Gasteiger charge is -2.10. The van der Waals surface area contributed by atoms with Gasteiger partial charge in [0.15, 0.2) is 0 Å². The third kappa shape index (κ3) is 3.04. The average molecular weight is 332 g/mol. The Bertz CT molecular complexity index is 599. The summed E-state index contributed by atoms with van der Waals surface area (Å²) in [5, 5.41) is 2.60. The molecule has 0 saturated carbocycles. The number of benzene rings is 1. The van der Waals surface area contributed by atoms with Gasteiger partial charge in [0, 0.05) is 23.2 Å². The van der Waals surface area contributed by atoms with Crippen molar-refractivity contribution < 1.29 is 13.2 Å². The molecule has 0 unspecified atom stereocenters. The molecule has 0 radical (unpaired) electrons. The first kappa shape index (κ1) is 13.8. The molecule has 0 aliphatic rings. The van der Waals surface area contributed by atoms with Crippen molar-refractivity contribution >= 4 is 21.7 Å². The van der Waals surface area contributed by atoms with Crippen LogP contribution in [-0.4, -0.2) is 17.0 Å². The zero-order valence-electron chi connectivity index (χ0n) is 9.79. The number of nitrogens with zero attached hydrogens (tertiary/aromatic N) is 2. The Morgan fingerprint density at radius 2 is 1.84 bits per heavy atom. The fraction of sp³-hybridized carbons (Fsp3) is 0.167. The number of alkyl halides is 3. The van der Waals surface area contributed by atoms with Gasteiger partial charge in [-0.3, -0.25) is 0 Å². The maximum Gasteiger partial charge on any atom is 0.451 e. The molecule has 1 heterocycles. The van der Waals surface area contributed by atoms with Crippen LogP contribution in [0.2, 0.25) is 0 Å². The van der Waals surface area contributed by atoms with Crippen molar-refractivity contribution in [3.05, 3.63) is 40.6 Å². The maximum absolute atomic E-state index is 12.7. The lowest BCUT2D eigenvalue weighted by Crippen LogP contribution is -2.13. The fourth-order valence-corrected chi connectivity index (χ4v) is 2.00. The van der Waals surface area contributed by atoms with Crippen molar-refractivity contribution in [3.8, 4) is 11.3 Å². The first-order valence-corrected chi connectivity index (χ1v) is 6.10. The van der Waals surface area contributed by atoms with E-state index < -0.39 is 12.0 Å². The largest absolute Gasteiger partial charge is 0.451 e. The standard InChI is InChI=1S/C12H9BrF3N3/c1-17-10-6-9(7-4-2-3-5-8(7)13)18-11(19-10)12(14,15)16/h2-6H,1H3,(H,17,18,19). The summed E-state index contributed by atoms with van der Waals surface area (Å²) in [6.45, 7) is 0. The topological polar surface area (TPSA) is 37.8 Å². The molecule has 2 rings (SSSR count). The average Bonchev–Trinajstić information content (AvgIpc) is 2.37. The van der Waals surface area contributed by atoms with E-state index in [1.54, 1.807) is 24.3 Å². The van der Waals surface area contributed by atoms with E-state index in [4.69, 9.17) is 0 Å². The Kier molecular flexibility index (Phi) is 3.75. The van der Waals surface area contributed by atoms with Gasteiger partial charge in [-0.05, 0) is 6.07 Å². The van der Waals surface area contributed by atoms with Crippen LogP contribution in [-0.2, 0) is 6.18 Å². The molecule has 0 saturated heterocycles. The zero-order chi connectivity index (χ0) is 14.0. The van der Waals surface area contributed by atoms with Crippen molar-refractivity contribution in [1.82, 2.24) is 9.97 Å². The van der Waals surface area contributed by atoms with Crippen LogP contribution in [0, 0.1) is 0 Å². The van der Waals surface area contributed by atoms with Crippen LogP contribution in [0.5, 0.6) is 0 Å². The molecule has 1 N–H and O–H groups in total. The minimum atomic E-state index is -4.58. The van der Waals surface area contributed by atoms with Crippen molar-refractivity contribution in [2.24, 2.45) is 0 Å². The smallest absolute Gasteiger partial charge is 0.373 e. The van der Waals surface area contributed by atoms with Gasteiger partial charge in [-0.15, -0.1) is 0 Å². The summed E-state index contributed by atoms with van der Waals surface area (Å²) in [7, 11) is 1.51. The lowest BCUT2D eigenvalue weighted by atomic mass is 10.1. The van der Waals surface area contributed by atoms with Gasteiger partial charge in [-0.25, -0.2) is 9.97 Å². The van der Waals surface area contributed by atoms with E-state index in [1.165, 1.54) is 13.1 Å². The Morgan fingerprint density at radius 3 is 2.42 bits per heavy atom. The zero-order valence-corrected chi connectivity index (χ0v) is 11.4. The molecule has 1 aromatic heterocycles. The number of hydrogen-bond acceptors (Lipinski definition) is 3. The van der Waals surface area contributed by atoms with Gasteiger partial charge in [0.25, 0.3) is 0 Å².